The van der Waals surface area contributed by atoms with Crippen LogP contribution in [0.1, 0.15) is 115 Å². The number of aliphatic hydroxyl groups is 1. The molecule has 1 aliphatic carbocycles. The van der Waals surface area contributed by atoms with E-state index >= 15 is 0 Å². The van der Waals surface area contributed by atoms with Crippen LogP contribution < -0.4 is 20.9 Å². The van der Waals surface area contributed by atoms with Gasteiger partial charge in [0.15, 0.2) is 11.6 Å². The molecule has 1 saturated heterocycles. The number of rotatable bonds is 16. The second-order valence-electron chi connectivity index (χ2n) is 20.9. The van der Waals surface area contributed by atoms with Gasteiger partial charge in [-0.2, -0.15) is 0 Å². The summed E-state index contributed by atoms with van der Waals surface area (Å²) in [4.78, 5) is 69.3. The van der Waals surface area contributed by atoms with Crippen LogP contribution in [0.5, 0.6) is 0 Å². The van der Waals surface area contributed by atoms with Gasteiger partial charge in [-0.1, -0.05) is 80.9 Å². The topological polar surface area (TPSA) is 193 Å². The first-order valence-corrected chi connectivity index (χ1v) is 27.3. The summed E-state index contributed by atoms with van der Waals surface area (Å²) in [6, 6.07) is 21.9. The number of nitrogens with zero attached hydrogens (tertiary/aromatic N) is 6. The van der Waals surface area contributed by atoms with Crippen LogP contribution in [0.4, 0.5) is 5.69 Å². The predicted molar refractivity (Wildman–Crippen MR) is 290 cm³/mol. The average molecular weight is 1060 g/mol. The Balaban J connectivity index is 0.767. The SMILES string of the molecule is Cc1ncsc1-c1ccc(CNC(=O)[C@@H]2C[C@@H](O)CC2C(=O)[C@@H](NC(=O)CO[C@H]2CCN(c3ccc([C@@H](C)NC(=O)C[C@@H]4N=C(c5ccc(Cl)cc5)c5c(sc(C)c5C)-n5c(C)nnc54)cc3)C2)C(C)(C)C)cc1. The highest BCUT2D eigenvalue weighted by Gasteiger charge is 2.47. The zero-order chi connectivity index (χ0) is 52.6. The number of amides is 3. The van der Waals surface area contributed by atoms with E-state index in [1.54, 1.807) is 22.7 Å². The van der Waals surface area contributed by atoms with Crippen LogP contribution in [-0.4, -0.2) is 92.0 Å². The average Bonchev–Trinajstić information content (AvgIpc) is 4.23. The van der Waals surface area contributed by atoms with Gasteiger partial charge in [0, 0.05) is 52.3 Å². The van der Waals surface area contributed by atoms with Gasteiger partial charge in [-0.25, -0.2) is 4.98 Å². The summed E-state index contributed by atoms with van der Waals surface area (Å²) in [6.07, 6.45) is 0.0777. The largest absolute Gasteiger partial charge is 0.393 e. The molecular formula is C56H64ClN9O6S2. The number of nitrogens with one attached hydrogen (secondary N) is 3. The summed E-state index contributed by atoms with van der Waals surface area (Å²) >= 11 is 9.54. The minimum absolute atomic E-state index is 0.0705. The molecule has 3 aliphatic rings. The molecular weight excluding hydrogens is 994 g/mol. The van der Waals surface area contributed by atoms with E-state index in [0.29, 0.717) is 23.8 Å². The van der Waals surface area contributed by atoms with Crippen LogP contribution in [-0.2, 0) is 30.5 Å². The monoisotopic (exact) mass is 1060 g/mol. The lowest BCUT2D eigenvalue weighted by Gasteiger charge is -2.33. The zero-order valence-electron chi connectivity index (χ0n) is 43.1. The molecule has 3 aromatic heterocycles. The van der Waals surface area contributed by atoms with Crippen molar-refractivity contribution in [2.75, 3.05) is 24.6 Å². The van der Waals surface area contributed by atoms with E-state index in [0.717, 1.165) is 72.7 Å². The Morgan fingerprint density at radius 3 is 2.28 bits per heavy atom. The number of thiazole rings is 1. The van der Waals surface area contributed by atoms with Crippen molar-refractivity contribution in [2.45, 2.75) is 118 Å². The number of aryl methyl sites for hydroxylation is 3. The Bertz CT molecular complexity index is 3070. The number of ketones is 1. The third kappa shape index (κ3) is 11.4. The number of carbonyl (C=O) groups excluding carboxylic acids is 4. The van der Waals surface area contributed by atoms with Crippen molar-refractivity contribution in [3.63, 3.8) is 0 Å². The molecule has 18 heteroatoms. The van der Waals surface area contributed by atoms with Gasteiger partial charge in [0.25, 0.3) is 0 Å². The molecule has 0 radical (unpaired) electrons. The van der Waals surface area contributed by atoms with E-state index in [-0.39, 0.29) is 62.2 Å². The van der Waals surface area contributed by atoms with Gasteiger partial charge in [-0.3, -0.25) is 28.7 Å². The van der Waals surface area contributed by atoms with Crippen molar-refractivity contribution in [1.29, 1.82) is 0 Å². The number of ether oxygens (including phenoxy) is 1. The summed E-state index contributed by atoms with van der Waals surface area (Å²) < 4.78 is 8.18. The van der Waals surface area contributed by atoms with Gasteiger partial charge < -0.3 is 30.7 Å². The summed E-state index contributed by atoms with van der Waals surface area (Å²) in [6.45, 7) is 17.0. The van der Waals surface area contributed by atoms with E-state index in [1.807, 2.05) is 124 Å². The number of thiophene rings is 1. The third-order valence-electron chi connectivity index (χ3n) is 14.6. The van der Waals surface area contributed by atoms with E-state index < -0.39 is 41.3 Å². The lowest BCUT2D eigenvalue weighted by atomic mass is 9.77. The molecule has 4 N–H and O–H groups in total. The lowest BCUT2D eigenvalue weighted by Crippen LogP contribution is -2.53. The summed E-state index contributed by atoms with van der Waals surface area (Å²) in [5.74, 6) is -1.28. The molecule has 2 fully saturated rings. The van der Waals surface area contributed by atoms with Gasteiger partial charge >= 0.3 is 0 Å². The smallest absolute Gasteiger partial charge is 0.246 e. The van der Waals surface area contributed by atoms with Crippen LogP contribution in [0.2, 0.25) is 5.02 Å². The molecule has 1 unspecified atom stereocenters. The van der Waals surface area contributed by atoms with Crippen LogP contribution in [0.15, 0.2) is 83.3 Å². The standard InChI is InChI=1S/C56H64ClN9O6S2/c1-30-33(4)74-55-48(30)49(37-13-17-39(57)18-14-37)61-45(53-64-63-34(5)66(53)55)25-46(68)60-31(2)36-15-19-40(20-16-36)65-22-21-42(27-65)72-28-47(69)62-52(56(6,7)8)50(70)43-23-41(67)24-44(43)54(71)58-26-35-9-11-38(12-10-35)51-32(3)59-29-73-51/h9-20,29,31,41-45,52,67H,21-28H2,1-8H3,(H,58,71)(H,60,68)(H,62,69)/t31-,41+,42+,43?,44-,45+,52-/m1/s1. The highest BCUT2D eigenvalue weighted by atomic mass is 35.5. The molecule has 0 bridgehead atoms. The number of hydrogen-bond acceptors (Lipinski definition) is 13. The summed E-state index contributed by atoms with van der Waals surface area (Å²) in [7, 11) is 0. The second-order valence-corrected chi connectivity index (χ2v) is 23.4. The third-order valence-corrected chi connectivity index (χ3v) is 17.0. The molecule has 5 heterocycles. The number of carbonyl (C=O) groups is 4. The molecule has 388 valence electrons. The predicted octanol–water partition coefficient (Wildman–Crippen LogP) is 8.90. The fourth-order valence-electron chi connectivity index (χ4n) is 10.4. The maximum absolute atomic E-state index is 14.3. The molecule has 9 rings (SSSR count). The maximum atomic E-state index is 14.3. The minimum Gasteiger partial charge on any atom is -0.393 e. The molecule has 0 spiro atoms. The fraction of sp³-hybridized carbons (Fsp3) is 0.429. The summed E-state index contributed by atoms with van der Waals surface area (Å²) in [5, 5.41) is 30.4. The van der Waals surface area contributed by atoms with Crippen LogP contribution in [0, 0.1) is 44.9 Å². The maximum Gasteiger partial charge on any atom is 0.246 e. The zero-order valence-corrected chi connectivity index (χ0v) is 45.5. The first kappa shape index (κ1) is 52.7. The number of halogens is 1. The molecule has 3 aromatic carbocycles. The number of fused-ring (bicyclic) bond motifs is 3. The van der Waals surface area contributed by atoms with Crippen molar-refractivity contribution in [3.05, 3.63) is 133 Å². The van der Waals surface area contributed by atoms with Crippen molar-refractivity contribution in [1.82, 2.24) is 35.7 Å². The number of Topliss-reactive ketones (excluding diaryl/α,β-unsaturated/α-hetero) is 1. The Labute approximate surface area is 445 Å². The Morgan fingerprint density at radius 2 is 1.59 bits per heavy atom. The van der Waals surface area contributed by atoms with Crippen LogP contribution in [0.3, 0.4) is 0 Å². The lowest BCUT2D eigenvalue weighted by molar-refractivity contribution is -0.138. The quantitative estimate of drug-likeness (QED) is 0.0728. The van der Waals surface area contributed by atoms with E-state index in [1.165, 1.54) is 4.88 Å². The second kappa shape index (κ2) is 22.0. The van der Waals surface area contributed by atoms with E-state index in [4.69, 9.17) is 21.3 Å². The number of aromatic nitrogens is 4. The van der Waals surface area contributed by atoms with E-state index in [9.17, 15) is 24.3 Å². The van der Waals surface area contributed by atoms with Gasteiger partial charge in [0.05, 0.1) is 58.4 Å². The van der Waals surface area contributed by atoms with Crippen LogP contribution in [0.25, 0.3) is 15.4 Å². The molecule has 1 saturated carbocycles. The van der Waals surface area contributed by atoms with Crippen LogP contribution >= 0.6 is 34.3 Å². The van der Waals surface area contributed by atoms with Crippen molar-refractivity contribution >= 4 is 69.2 Å². The number of hydrogen-bond donors (Lipinski definition) is 4. The van der Waals surface area contributed by atoms with Gasteiger partial charge in [-0.05, 0) is 106 Å². The van der Waals surface area contributed by atoms with Gasteiger partial charge in [-0.15, -0.1) is 32.9 Å². The highest BCUT2D eigenvalue weighted by molar-refractivity contribution is 7.15. The molecule has 15 nitrogen and oxygen atoms in total. The normalized spacial score (nSPS) is 20.3. The molecule has 7 atom stereocenters. The van der Waals surface area contributed by atoms with Crippen molar-refractivity contribution in [2.24, 2.45) is 22.2 Å². The molecule has 74 heavy (non-hydrogen) atoms. The van der Waals surface area contributed by atoms with Crippen molar-refractivity contribution in [3.8, 4) is 15.4 Å². The fourth-order valence-corrected chi connectivity index (χ4v) is 12.5. The minimum atomic E-state index is -0.898. The summed E-state index contributed by atoms with van der Waals surface area (Å²) in [5.41, 5.74) is 9.85. The first-order chi connectivity index (χ1) is 35.3. The number of aliphatic imine (C=N–C) groups is 1. The molecule has 2 aliphatic heterocycles. The number of benzene rings is 3. The number of aliphatic hydroxyl groups excluding tert-OH is 1. The van der Waals surface area contributed by atoms with Crippen molar-refractivity contribution < 1.29 is 29.0 Å². The Kier molecular flexibility index (Phi) is 15.7. The number of anilines is 1. The van der Waals surface area contributed by atoms with Gasteiger partial charge in [0.1, 0.15) is 23.5 Å². The van der Waals surface area contributed by atoms with Gasteiger partial charge in [0.2, 0.25) is 17.7 Å². The highest BCUT2D eigenvalue weighted by Crippen LogP contribution is 2.41. The first-order valence-electron chi connectivity index (χ1n) is 25.2. The Hall–Kier alpha value is -6.11. The van der Waals surface area contributed by atoms with E-state index in [2.05, 4.69) is 49.9 Å². The molecule has 3 amide bonds. The molecule has 6 aromatic rings. The Morgan fingerprint density at radius 1 is 0.892 bits per heavy atom.